The van der Waals surface area contributed by atoms with Crippen LogP contribution < -0.4 is 5.32 Å². The van der Waals surface area contributed by atoms with Crippen molar-refractivity contribution in [3.8, 4) is 0 Å². The number of nitrogens with one attached hydrogen (secondary N) is 1. The lowest BCUT2D eigenvalue weighted by Crippen LogP contribution is -2.61. The van der Waals surface area contributed by atoms with Gasteiger partial charge in [-0.25, -0.2) is 9.59 Å². The molecule has 2 rings (SSSR count). The summed E-state index contributed by atoms with van der Waals surface area (Å²) in [5.74, 6) is -1.64. The van der Waals surface area contributed by atoms with E-state index in [-0.39, 0.29) is 30.8 Å². The Bertz CT molecular complexity index is 673. The van der Waals surface area contributed by atoms with Crippen molar-refractivity contribution < 1.29 is 33.4 Å². The van der Waals surface area contributed by atoms with Crippen LogP contribution in [0, 0.1) is 5.92 Å². The van der Waals surface area contributed by atoms with Crippen molar-refractivity contribution in [3.05, 3.63) is 0 Å². The first-order valence-electron chi connectivity index (χ1n) is 10.4. The van der Waals surface area contributed by atoms with Crippen molar-refractivity contribution in [1.29, 1.82) is 0 Å². The third-order valence-electron chi connectivity index (χ3n) is 5.65. The van der Waals surface area contributed by atoms with Crippen LogP contribution in [0.5, 0.6) is 0 Å². The van der Waals surface area contributed by atoms with Gasteiger partial charge in [0, 0.05) is 6.04 Å². The van der Waals surface area contributed by atoms with E-state index in [1.807, 2.05) is 0 Å². The molecule has 2 aliphatic rings. The van der Waals surface area contributed by atoms with Crippen LogP contribution in [0.2, 0.25) is 0 Å². The Labute approximate surface area is 177 Å². The predicted octanol–water partition coefficient (Wildman–Crippen LogP) is 2.17. The van der Waals surface area contributed by atoms with Crippen molar-refractivity contribution >= 4 is 23.9 Å². The van der Waals surface area contributed by atoms with E-state index in [9.17, 15) is 19.2 Å². The van der Waals surface area contributed by atoms with E-state index in [4.69, 9.17) is 14.2 Å². The molecule has 2 aliphatic carbocycles. The number of rotatable bonds is 6. The van der Waals surface area contributed by atoms with Crippen LogP contribution in [0.1, 0.15) is 66.2 Å². The molecule has 0 bridgehead atoms. The Morgan fingerprint density at radius 2 is 1.57 bits per heavy atom. The van der Waals surface area contributed by atoms with Crippen molar-refractivity contribution in [2.75, 3.05) is 14.2 Å². The van der Waals surface area contributed by atoms with Gasteiger partial charge in [-0.15, -0.1) is 0 Å². The Hall–Kier alpha value is -2.32. The van der Waals surface area contributed by atoms with Gasteiger partial charge in [0.1, 0.15) is 17.2 Å². The van der Waals surface area contributed by atoms with Gasteiger partial charge in [-0.05, 0) is 66.2 Å². The fourth-order valence-corrected chi connectivity index (χ4v) is 3.85. The van der Waals surface area contributed by atoms with E-state index in [0.717, 1.165) is 12.8 Å². The highest BCUT2D eigenvalue weighted by Crippen LogP contribution is 2.35. The predicted molar refractivity (Wildman–Crippen MR) is 107 cm³/mol. The summed E-state index contributed by atoms with van der Waals surface area (Å²) in [6.07, 6.45) is 2.37. The molecule has 2 saturated carbocycles. The number of hydrogen-bond donors (Lipinski definition) is 1. The van der Waals surface area contributed by atoms with Crippen LogP contribution in [0.25, 0.3) is 0 Å². The van der Waals surface area contributed by atoms with Crippen LogP contribution in [0.3, 0.4) is 0 Å². The van der Waals surface area contributed by atoms with E-state index < -0.39 is 35.2 Å². The Kier molecular flexibility index (Phi) is 7.36. The molecule has 0 radical (unpaired) electrons. The molecule has 0 aromatic rings. The summed E-state index contributed by atoms with van der Waals surface area (Å²) in [5.41, 5.74) is -1.91. The zero-order chi connectivity index (χ0) is 22.7. The van der Waals surface area contributed by atoms with Gasteiger partial charge in [-0.2, -0.15) is 0 Å². The molecule has 2 amide bonds. The maximum atomic E-state index is 13.1. The highest BCUT2D eigenvalue weighted by atomic mass is 16.6. The van der Waals surface area contributed by atoms with Crippen molar-refractivity contribution in [3.63, 3.8) is 0 Å². The molecule has 2 fully saturated rings. The lowest BCUT2D eigenvalue weighted by atomic mass is 9.76. The molecular formula is C21H34N2O7. The normalized spacial score (nSPS) is 24.9. The maximum absolute atomic E-state index is 13.1. The van der Waals surface area contributed by atoms with Crippen LogP contribution in [0.15, 0.2) is 0 Å². The van der Waals surface area contributed by atoms with Crippen molar-refractivity contribution in [1.82, 2.24) is 10.2 Å². The standard InChI is InChI=1S/C21H34N2O7/c1-13(23(15-7-8-15)19(27)30-20(2,3)4)16(24)22-21(18(26)29-6)11-9-14(10-12-21)17(25)28-5/h13-15H,7-12H2,1-6H3,(H,22,24). The Morgan fingerprint density at radius 1 is 1.00 bits per heavy atom. The largest absolute Gasteiger partial charge is 0.469 e. The highest BCUT2D eigenvalue weighted by molar-refractivity contribution is 5.92. The Balaban J connectivity index is 2.13. The van der Waals surface area contributed by atoms with Gasteiger partial charge in [0.15, 0.2) is 0 Å². The first-order valence-corrected chi connectivity index (χ1v) is 10.4. The molecule has 0 spiro atoms. The number of carbonyl (C=O) groups is 4. The number of nitrogens with zero attached hydrogens (tertiary/aromatic N) is 1. The monoisotopic (exact) mass is 426 g/mol. The molecule has 1 unspecified atom stereocenters. The van der Waals surface area contributed by atoms with Gasteiger partial charge < -0.3 is 19.5 Å². The molecule has 170 valence electrons. The summed E-state index contributed by atoms with van der Waals surface area (Å²) >= 11 is 0. The molecule has 0 aliphatic heterocycles. The minimum atomic E-state index is -1.23. The quantitative estimate of drug-likeness (QED) is 0.512. The molecule has 0 saturated heterocycles. The van der Waals surface area contributed by atoms with Gasteiger partial charge >= 0.3 is 18.0 Å². The highest BCUT2D eigenvalue weighted by Gasteiger charge is 2.48. The smallest absolute Gasteiger partial charge is 0.411 e. The minimum Gasteiger partial charge on any atom is -0.469 e. The first-order chi connectivity index (χ1) is 13.9. The van der Waals surface area contributed by atoms with E-state index in [1.54, 1.807) is 27.7 Å². The molecule has 1 N–H and O–H groups in total. The molecule has 9 nitrogen and oxygen atoms in total. The lowest BCUT2D eigenvalue weighted by Gasteiger charge is -2.39. The van der Waals surface area contributed by atoms with Gasteiger partial charge in [-0.3, -0.25) is 14.5 Å². The third kappa shape index (κ3) is 5.64. The average molecular weight is 427 g/mol. The molecule has 0 aromatic carbocycles. The molecule has 1 atom stereocenters. The van der Waals surface area contributed by atoms with Gasteiger partial charge in [-0.1, -0.05) is 0 Å². The summed E-state index contributed by atoms with van der Waals surface area (Å²) in [6, 6.07) is -0.864. The SMILES string of the molecule is COC(=O)C1CCC(NC(=O)C(C)N(C(=O)OC(C)(C)C)C2CC2)(C(=O)OC)CC1. The van der Waals surface area contributed by atoms with Gasteiger partial charge in [0.25, 0.3) is 0 Å². The molecule has 9 heteroatoms. The summed E-state index contributed by atoms with van der Waals surface area (Å²) < 4.78 is 15.2. The van der Waals surface area contributed by atoms with E-state index in [2.05, 4.69) is 5.32 Å². The van der Waals surface area contributed by atoms with Crippen LogP contribution in [0.4, 0.5) is 4.79 Å². The fraction of sp³-hybridized carbons (Fsp3) is 0.810. The third-order valence-corrected chi connectivity index (χ3v) is 5.65. The average Bonchev–Trinajstić information content (AvgIpc) is 3.50. The molecule has 0 aromatic heterocycles. The Morgan fingerprint density at radius 3 is 2.00 bits per heavy atom. The van der Waals surface area contributed by atoms with Crippen LogP contribution in [-0.4, -0.2) is 66.3 Å². The summed E-state index contributed by atoms with van der Waals surface area (Å²) in [7, 11) is 2.60. The maximum Gasteiger partial charge on any atom is 0.411 e. The number of ether oxygens (including phenoxy) is 3. The number of hydrogen-bond acceptors (Lipinski definition) is 7. The summed E-state index contributed by atoms with van der Waals surface area (Å²) in [5, 5.41) is 2.83. The van der Waals surface area contributed by atoms with Crippen molar-refractivity contribution in [2.45, 2.75) is 89.4 Å². The lowest BCUT2D eigenvalue weighted by molar-refractivity contribution is -0.156. The van der Waals surface area contributed by atoms with Crippen LogP contribution in [-0.2, 0) is 28.6 Å². The van der Waals surface area contributed by atoms with Gasteiger partial charge in [0.05, 0.1) is 20.1 Å². The molecule has 30 heavy (non-hydrogen) atoms. The van der Waals surface area contributed by atoms with Crippen molar-refractivity contribution in [2.24, 2.45) is 5.92 Å². The number of carbonyl (C=O) groups excluding carboxylic acids is 4. The minimum absolute atomic E-state index is 0.0512. The van der Waals surface area contributed by atoms with Gasteiger partial charge in [0.2, 0.25) is 5.91 Å². The topological polar surface area (TPSA) is 111 Å². The number of esters is 2. The molecular weight excluding hydrogens is 392 g/mol. The second-order valence-corrected chi connectivity index (χ2v) is 9.16. The zero-order valence-electron chi connectivity index (χ0n) is 18.8. The summed E-state index contributed by atoms with van der Waals surface area (Å²) in [6.45, 7) is 6.94. The van der Waals surface area contributed by atoms with Crippen LogP contribution >= 0.6 is 0 Å². The van der Waals surface area contributed by atoms with E-state index >= 15 is 0 Å². The van der Waals surface area contributed by atoms with E-state index in [1.165, 1.54) is 19.1 Å². The number of methoxy groups -OCH3 is 2. The molecule has 0 heterocycles. The second kappa shape index (κ2) is 9.22. The fourth-order valence-electron chi connectivity index (χ4n) is 3.85. The second-order valence-electron chi connectivity index (χ2n) is 9.16. The zero-order valence-corrected chi connectivity index (χ0v) is 18.8. The van der Waals surface area contributed by atoms with E-state index in [0.29, 0.717) is 12.8 Å². The number of amides is 2. The first kappa shape index (κ1) is 24.0. The summed E-state index contributed by atoms with van der Waals surface area (Å²) in [4.78, 5) is 51.6.